The van der Waals surface area contributed by atoms with Crippen molar-refractivity contribution >= 4 is 23.7 Å². The molecule has 0 saturated carbocycles. The Morgan fingerprint density at radius 1 is 1.30 bits per heavy atom. The third-order valence-corrected chi connectivity index (χ3v) is 3.88. The lowest BCUT2D eigenvalue weighted by Gasteiger charge is -2.14. The largest absolute Gasteiger partial charge is 0.496 e. The van der Waals surface area contributed by atoms with Crippen molar-refractivity contribution in [3.63, 3.8) is 0 Å². The third-order valence-electron chi connectivity index (χ3n) is 3.52. The predicted octanol–water partition coefficient (Wildman–Crippen LogP) is 4.07. The number of fused-ring (bicyclic) bond motifs is 1. The molecule has 0 radical (unpaired) electrons. The van der Waals surface area contributed by atoms with Crippen molar-refractivity contribution in [2.75, 3.05) is 7.11 Å². The fraction of sp³-hybridized carbons (Fsp3) is 0.294. The highest BCUT2D eigenvalue weighted by Gasteiger charge is 2.13. The topological polar surface area (TPSA) is 60.0 Å². The van der Waals surface area contributed by atoms with Gasteiger partial charge in [-0.15, -0.1) is 12.6 Å². The zero-order valence-electron chi connectivity index (χ0n) is 13.1. The average Bonchev–Trinajstić information content (AvgIpc) is 2.98. The molecule has 0 aliphatic rings. The van der Waals surface area contributed by atoms with Gasteiger partial charge in [-0.1, -0.05) is 13.3 Å². The van der Waals surface area contributed by atoms with Gasteiger partial charge in [-0.3, -0.25) is 4.98 Å². The summed E-state index contributed by atoms with van der Waals surface area (Å²) in [6.07, 6.45) is 5.40. The number of aromatic nitrogens is 3. The summed E-state index contributed by atoms with van der Waals surface area (Å²) in [4.78, 5) is 11.9. The minimum Gasteiger partial charge on any atom is -0.496 e. The van der Waals surface area contributed by atoms with E-state index in [2.05, 4.69) is 34.5 Å². The number of nitrogens with one attached hydrogen (secondary N) is 1. The standard InChI is InChI=1S/C17H19N3O2S/c1-3-4-16(23)22-11-5-6-12(15(9-11)21-2)17-19-13-7-8-18-10-14(13)20-17/h5-10,16,23H,3-4H2,1-2H3,(H,19,20). The lowest BCUT2D eigenvalue weighted by molar-refractivity contribution is 0.276. The molecule has 0 fully saturated rings. The minimum absolute atomic E-state index is 0.118. The number of thiol groups is 1. The van der Waals surface area contributed by atoms with Crippen molar-refractivity contribution in [2.45, 2.75) is 25.2 Å². The van der Waals surface area contributed by atoms with E-state index in [1.807, 2.05) is 24.3 Å². The normalized spacial score (nSPS) is 12.3. The molecular weight excluding hydrogens is 310 g/mol. The molecule has 5 nitrogen and oxygen atoms in total. The molecular formula is C17H19N3O2S. The second-order valence-corrected chi connectivity index (χ2v) is 5.78. The maximum absolute atomic E-state index is 5.79. The van der Waals surface area contributed by atoms with Crippen molar-refractivity contribution in [1.29, 1.82) is 0 Å². The second-order valence-electron chi connectivity index (χ2n) is 5.20. The molecule has 0 amide bonds. The van der Waals surface area contributed by atoms with E-state index in [1.165, 1.54) is 0 Å². The van der Waals surface area contributed by atoms with Crippen molar-refractivity contribution in [1.82, 2.24) is 15.0 Å². The highest BCUT2D eigenvalue weighted by molar-refractivity contribution is 7.80. The van der Waals surface area contributed by atoms with Crippen molar-refractivity contribution in [3.05, 3.63) is 36.7 Å². The Kier molecular flexibility index (Phi) is 4.71. The summed E-state index contributed by atoms with van der Waals surface area (Å²) in [6, 6.07) is 7.57. The van der Waals surface area contributed by atoms with Crippen LogP contribution in [-0.2, 0) is 0 Å². The lowest BCUT2D eigenvalue weighted by atomic mass is 10.2. The van der Waals surface area contributed by atoms with Crippen LogP contribution in [0.4, 0.5) is 0 Å². The predicted molar refractivity (Wildman–Crippen MR) is 94.2 cm³/mol. The number of H-pyrrole nitrogens is 1. The van der Waals surface area contributed by atoms with Crippen LogP contribution in [0.5, 0.6) is 11.5 Å². The first-order valence-corrected chi connectivity index (χ1v) is 8.05. The summed E-state index contributed by atoms with van der Waals surface area (Å²) in [5, 5.41) is 0. The fourth-order valence-electron chi connectivity index (χ4n) is 2.39. The molecule has 0 spiro atoms. The number of imidazole rings is 1. The Morgan fingerprint density at radius 3 is 2.91 bits per heavy atom. The van der Waals surface area contributed by atoms with Crippen LogP contribution in [-0.4, -0.2) is 27.5 Å². The van der Waals surface area contributed by atoms with Gasteiger partial charge >= 0.3 is 0 Å². The number of ether oxygens (including phenoxy) is 2. The van der Waals surface area contributed by atoms with Gasteiger partial charge in [0.1, 0.15) is 22.8 Å². The zero-order chi connectivity index (χ0) is 16.2. The van der Waals surface area contributed by atoms with Crippen LogP contribution in [0.3, 0.4) is 0 Å². The van der Waals surface area contributed by atoms with Crippen molar-refractivity contribution in [3.8, 4) is 22.9 Å². The molecule has 0 saturated heterocycles. The van der Waals surface area contributed by atoms with Crippen LogP contribution in [0.25, 0.3) is 22.4 Å². The van der Waals surface area contributed by atoms with E-state index in [-0.39, 0.29) is 5.44 Å². The first-order chi connectivity index (χ1) is 11.2. The summed E-state index contributed by atoms with van der Waals surface area (Å²) in [5.74, 6) is 2.18. The third kappa shape index (κ3) is 3.42. The second kappa shape index (κ2) is 6.91. The van der Waals surface area contributed by atoms with E-state index in [9.17, 15) is 0 Å². The number of pyridine rings is 1. The molecule has 0 bridgehead atoms. The van der Waals surface area contributed by atoms with Gasteiger partial charge in [0.25, 0.3) is 0 Å². The van der Waals surface area contributed by atoms with Gasteiger partial charge in [-0.25, -0.2) is 4.98 Å². The van der Waals surface area contributed by atoms with Crippen LogP contribution >= 0.6 is 12.6 Å². The van der Waals surface area contributed by atoms with E-state index in [4.69, 9.17) is 9.47 Å². The number of aromatic amines is 1. The summed E-state index contributed by atoms with van der Waals surface area (Å²) in [6.45, 7) is 2.10. The molecule has 23 heavy (non-hydrogen) atoms. The molecule has 3 aromatic rings. The van der Waals surface area contributed by atoms with Gasteiger partial charge in [-0.05, 0) is 24.6 Å². The average molecular weight is 329 g/mol. The molecule has 120 valence electrons. The molecule has 1 N–H and O–H groups in total. The highest BCUT2D eigenvalue weighted by atomic mass is 32.1. The molecule has 0 aliphatic heterocycles. The van der Waals surface area contributed by atoms with Gasteiger partial charge in [0.15, 0.2) is 0 Å². The Hall–Kier alpha value is -2.21. The molecule has 3 rings (SSSR count). The molecule has 2 heterocycles. The van der Waals surface area contributed by atoms with Gasteiger partial charge < -0.3 is 14.5 Å². The number of hydrogen-bond donors (Lipinski definition) is 2. The Morgan fingerprint density at radius 2 is 2.17 bits per heavy atom. The minimum atomic E-state index is -0.118. The van der Waals surface area contributed by atoms with E-state index < -0.39 is 0 Å². The fourth-order valence-corrected chi connectivity index (χ4v) is 2.77. The van der Waals surface area contributed by atoms with E-state index in [0.29, 0.717) is 5.75 Å². The summed E-state index contributed by atoms with van der Waals surface area (Å²) in [5.41, 5.74) is 2.52. The number of rotatable bonds is 6. The van der Waals surface area contributed by atoms with E-state index in [1.54, 1.807) is 19.5 Å². The number of nitrogens with zero attached hydrogens (tertiary/aromatic N) is 2. The quantitative estimate of drug-likeness (QED) is 0.529. The zero-order valence-corrected chi connectivity index (χ0v) is 14.0. The molecule has 0 aliphatic carbocycles. The smallest absolute Gasteiger partial charge is 0.142 e. The monoisotopic (exact) mass is 329 g/mol. The van der Waals surface area contributed by atoms with Crippen LogP contribution in [0.1, 0.15) is 19.8 Å². The Bertz CT molecular complexity index is 770. The van der Waals surface area contributed by atoms with Gasteiger partial charge in [0.2, 0.25) is 0 Å². The summed E-state index contributed by atoms with van der Waals surface area (Å²) < 4.78 is 11.3. The Balaban J connectivity index is 1.93. The van der Waals surface area contributed by atoms with E-state index in [0.717, 1.165) is 41.0 Å². The van der Waals surface area contributed by atoms with E-state index >= 15 is 0 Å². The van der Waals surface area contributed by atoms with Crippen LogP contribution in [0, 0.1) is 0 Å². The molecule has 1 unspecified atom stereocenters. The SMILES string of the molecule is CCCC(S)Oc1ccc(-c2nc3ccncc3[nH]2)c(OC)c1. The van der Waals surface area contributed by atoms with Crippen molar-refractivity contribution in [2.24, 2.45) is 0 Å². The van der Waals surface area contributed by atoms with Crippen molar-refractivity contribution < 1.29 is 9.47 Å². The molecule has 1 aromatic carbocycles. The Labute approximate surface area is 140 Å². The van der Waals surface area contributed by atoms with Gasteiger partial charge in [0.05, 0.1) is 29.9 Å². The number of hydrogen-bond acceptors (Lipinski definition) is 5. The molecule has 1 atom stereocenters. The lowest BCUT2D eigenvalue weighted by Crippen LogP contribution is -2.08. The van der Waals surface area contributed by atoms with Crippen LogP contribution in [0.15, 0.2) is 36.7 Å². The van der Waals surface area contributed by atoms with Crippen LogP contribution in [0.2, 0.25) is 0 Å². The van der Waals surface area contributed by atoms with Crippen LogP contribution < -0.4 is 9.47 Å². The molecule has 2 aromatic heterocycles. The number of benzene rings is 1. The summed E-state index contributed by atoms with van der Waals surface area (Å²) in [7, 11) is 1.64. The number of methoxy groups -OCH3 is 1. The van der Waals surface area contributed by atoms with Gasteiger partial charge in [0, 0.05) is 12.3 Å². The first-order valence-electron chi connectivity index (χ1n) is 7.54. The maximum atomic E-state index is 5.79. The maximum Gasteiger partial charge on any atom is 0.142 e. The van der Waals surface area contributed by atoms with Gasteiger partial charge in [-0.2, -0.15) is 0 Å². The first kappa shape index (κ1) is 15.7. The molecule has 6 heteroatoms. The summed E-state index contributed by atoms with van der Waals surface area (Å²) >= 11 is 4.43. The highest BCUT2D eigenvalue weighted by Crippen LogP contribution is 2.33.